The zero-order chi connectivity index (χ0) is 17.9. The first kappa shape index (κ1) is 17.5. The van der Waals surface area contributed by atoms with Crippen molar-refractivity contribution in [3.8, 4) is 0 Å². The Balaban J connectivity index is 1.60. The molecule has 2 aliphatic rings. The van der Waals surface area contributed by atoms with E-state index in [2.05, 4.69) is 4.90 Å². The van der Waals surface area contributed by atoms with Gasteiger partial charge in [0.25, 0.3) is 5.91 Å². The Kier molecular flexibility index (Phi) is 5.24. The second kappa shape index (κ2) is 7.78. The van der Waals surface area contributed by atoms with E-state index in [1.807, 2.05) is 29.2 Å². The fraction of sp³-hybridized carbons (Fsp3) is 0.350. The van der Waals surface area contributed by atoms with Crippen molar-refractivity contribution in [2.45, 2.75) is 10.3 Å². The minimum absolute atomic E-state index is 0.0435. The van der Waals surface area contributed by atoms with E-state index in [-0.39, 0.29) is 17.1 Å². The van der Waals surface area contributed by atoms with E-state index in [0.717, 1.165) is 48.9 Å². The maximum atomic E-state index is 13.4. The summed E-state index contributed by atoms with van der Waals surface area (Å²) in [7, 11) is 0. The van der Waals surface area contributed by atoms with Crippen LogP contribution < -0.4 is 0 Å². The van der Waals surface area contributed by atoms with Crippen LogP contribution >= 0.6 is 11.8 Å². The molecule has 1 atom stereocenters. The van der Waals surface area contributed by atoms with Gasteiger partial charge >= 0.3 is 0 Å². The minimum atomic E-state index is -0.263. The SMILES string of the molecule is O=C1c2ccccc2SC(c2ccc(F)cc2)N1CCN1CCOCC1. The molecule has 4 nitrogen and oxygen atoms in total. The molecule has 26 heavy (non-hydrogen) atoms. The molecule has 1 saturated heterocycles. The molecule has 0 saturated carbocycles. The number of carbonyl (C=O) groups is 1. The highest BCUT2D eigenvalue weighted by atomic mass is 32.2. The smallest absolute Gasteiger partial charge is 0.256 e. The summed E-state index contributed by atoms with van der Waals surface area (Å²) in [6.45, 7) is 4.73. The quantitative estimate of drug-likeness (QED) is 0.824. The van der Waals surface area contributed by atoms with Gasteiger partial charge in [-0.2, -0.15) is 0 Å². The lowest BCUT2D eigenvalue weighted by atomic mass is 10.1. The zero-order valence-corrected chi connectivity index (χ0v) is 15.3. The van der Waals surface area contributed by atoms with Crippen LogP contribution in [0.1, 0.15) is 21.3 Å². The Hall–Kier alpha value is -1.89. The van der Waals surface area contributed by atoms with Crippen LogP contribution in [0.4, 0.5) is 4.39 Å². The second-order valence-electron chi connectivity index (χ2n) is 6.47. The van der Waals surface area contributed by atoms with Crippen LogP contribution in [0, 0.1) is 5.82 Å². The van der Waals surface area contributed by atoms with E-state index in [1.165, 1.54) is 12.1 Å². The first-order valence-corrected chi connectivity index (χ1v) is 9.72. The van der Waals surface area contributed by atoms with Gasteiger partial charge in [-0.15, -0.1) is 0 Å². The van der Waals surface area contributed by atoms with E-state index in [1.54, 1.807) is 23.9 Å². The number of morpholine rings is 1. The summed E-state index contributed by atoms with van der Waals surface area (Å²) >= 11 is 1.65. The molecule has 1 amide bonds. The van der Waals surface area contributed by atoms with Crippen molar-refractivity contribution in [1.29, 1.82) is 0 Å². The first-order valence-electron chi connectivity index (χ1n) is 8.84. The van der Waals surface area contributed by atoms with Crippen LogP contribution in [0.25, 0.3) is 0 Å². The zero-order valence-electron chi connectivity index (χ0n) is 14.4. The van der Waals surface area contributed by atoms with Crippen molar-refractivity contribution in [2.75, 3.05) is 39.4 Å². The predicted molar refractivity (Wildman–Crippen MR) is 99.7 cm³/mol. The molecule has 1 unspecified atom stereocenters. The molecule has 136 valence electrons. The van der Waals surface area contributed by atoms with Crippen LogP contribution in [0.15, 0.2) is 53.4 Å². The third-order valence-electron chi connectivity index (χ3n) is 4.82. The summed E-state index contributed by atoms with van der Waals surface area (Å²) in [4.78, 5) is 18.4. The number of rotatable bonds is 4. The number of ether oxygens (including phenoxy) is 1. The van der Waals surface area contributed by atoms with Crippen LogP contribution in [0.3, 0.4) is 0 Å². The van der Waals surface area contributed by atoms with E-state index in [0.29, 0.717) is 6.54 Å². The summed E-state index contributed by atoms with van der Waals surface area (Å²) in [5.41, 5.74) is 1.69. The summed E-state index contributed by atoms with van der Waals surface area (Å²) in [5, 5.41) is -0.140. The Bertz CT molecular complexity index is 778. The lowest BCUT2D eigenvalue weighted by molar-refractivity contribution is 0.0316. The van der Waals surface area contributed by atoms with Gasteiger partial charge in [-0.05, 0) is 29.8 Å². The molecule has 1 fully saturated rings. The molecule has 0 bridgehead atoms. The average Bonchev–Trinajstić information content (AvgIpc) is 2.69. The molecule has 4 rings (SSSR count). The maximum Gasteiger partial charge on any atom is 0.256 e. The molecule has 0 spiro atoms. The van der Waals surface area contributed by atoms with E-state index >= 15 is 0 Å². The van der Waals surface area contributed by atoms with Crippen molar-refractivity contribution in [2.24, 2.45) is 0 Å². The van der Waals surface area contributed by atoms with Crippen molar-refractivity contribution >= 4 is 17.7 Å². The number of amides is 1. The molecule has 2 aromatic rings. The third kappa shape index (κ3) is 3.63. The molecule has 0 aliphatic carbocycles. The highest BCUT2D eigenvalue weighted by Crippen LogP contribution is 2.44. The fourth-order valence-electron chi connectivity index (χ4n) is 3.36. The monoisotopic (exact) mass is 372 g/mol. The van der Waals surface area contributed by atoms with E-state index < -0.39 is 0 Å². The number of carbonyl (C=O) groups excluding carboxylic acids is 1. The number of halogens is 1. The topological polar surface area (TPSA) is 32.8 Å². The largest absolute Gasteiger partial charge is 0.379 e. The van der Waals surface area contributed by atoms with Crippen LogP contribution in [0.5, 0.6) is 0 Å². The molecule has 0 radical (unpaired) electrons. The van der Waals surface area contributed by atoms with Gasteiger partial charge in [0, 0.05) is 31.1 Å². The van der Waals surface area contributed by atoms with Gasteiger partial charge in [0.2, 0.25) is 0 Å². The summed E-state index contributed by atoms with van der Waals surface area (Å²) in [5.74, 6) is -0.219. The Morgan fingerprint density at radius 3 is 2.54 bits per heavy atom. The average molecular weight is 372 g/mol. The molecular weight excluding hydrogens is 351 g/mol. The number of hydrogen-bond donors (Lipinski definition) is 0. The number of benzene rings is 2. The standard InChI is InChI=1S/C20H21FN2O2S/c21-16-7-5-15(6-8-16)20-23(10-9-22-11-13-25-14-12-22)19(24)17-3-1-2-4-18(17)26-20/h1-8,20H,9-14H2. The fourth-order valence-corrected chi connectivity index (χ4v) is 4.66. The molecule has 0 N–H and O–H groups in total. The number of thioether (sulfide) groups is 1. The molecule has 2 heterocycles. The predicted octanol–water partition coefficient (Wildman–Crippen LogP) is 3.40. The van der Waals surface area contributed by atoms with Gasteiger partial charge in [-0.25, -0.2) is 4.39 Å². The van der Waals surface area contributed by atoms with Crippen LogP contribution in [0.2, 0.25) is 0 Å². The van der Waals surface area contributed by atoms with Crippen molar-refractivity contribution < 1.29 is 13.9 Å². The van der Waals surface area contributed by atoms with Crippen LogP contribution in [-0.4, -0.2) is 55.1 Å². The Labute approximate surface area is 156 Å². The van der Waals surface area contributed by atoms with Gasteiger partial charge in [0.1, 0.15) is 11.2 Å². The number of nitrogens with zero attached hydrogens (tertiary/aromatic N) is 2. The van der Waals surface area contributed by atoms with Crippen molar-refractivity contribution in [3.63, 3.8) is 0 Å². The van der Waals surface area contributed by atoms with E-state index in [9.17, 15) is 9.18 Å². The Morgan fingerprint density at radius 2 is 1.77 bits per heavy atom. The molecule has 2 aromatic carbocycles. The molecule has 2 aliphatic heterocycles. The normalized spacial score (nSPS) is 20.9. The van der Waals surface area contributed by atoms with Gasteiger partial charge in [-0.3, -0.25) is 9.69 Å². The highest BCUT2D eigenvalue weighted by Gasteiger charge is 2.34. The highest BCUT2D eigenvalue weighted by molar-refractivity contribution is 7.99. The minimum Gasteiger partial charge on any atom is -0.379 e. The maximum absolute atomic E-state index is 13.4. The first-order chi connectivity index (χ1) is 12.7. The number of hydrogen-bond acceptors (Lipinski definition) is 4. The summed E-state index contributed by atoms with van der Waals surface area (Å²) in [6, 6.07) is 14.2. The summed E-state index contributed by atoms with van der Waals surface area (Å²) in [6.07, 6.45) is 0. The number of fused-ring (bicyclic) bond motifs is 1. The summed E-state index contributed by atoms with van der Waals surface area (Å²) < 4.78 is 18.8. The Morgan fingerprint density at radius 1 is 1.04 bits per heavy atom. The van der Waals surface area contributed by atoms with Gasteiger partial charge in [-0.1, -0.05) is 36.0 Å². The second-order valence-corrected chi connectivity index (χ2v) is 7.59. The van der Waals surface area contributed by atoms with Gasteiger partial charge < -0.3 is 9.64 Å². The molecular formula is C20H21FN2O2S. The van der Waals surface area contributed by atoms with Gasteiger partial charge in [0.15, 0.2) is 0 Å². The van der Waals surface area contributed by atoms with Crippen molar-refractivity contribution in [1.82, 2.24) is 9.80 Å². The lowest BCUT2D eigenvalue weighted by Crippen LogP contribution is -2.44. The lowest BCUT2D eigenvalue weighted by Gasteiger charge is -2.38. The molecule has 6 heteroatoms. The van der Waals surface area contributed by atoms with E-state index in [4.69, 9.17) is 4.74 Å². The third-order valence-corrected chi connectivity index (χ3v) is 6.18. The molecule has 0 aromatic heterocycles. The van der Waals surface area contributed by atoms with Crippen molar-refractivity contribution in [3.05, 3.63) is 65.5 Å². The van der Waals surface area contributed by atoms with Crippen LogP contribution in [-0.2, 0) is 4.74 Å². The van der Waals surface area contributed by atoms with Gasteiger partial charge in [0.05, 0.1) is 18.8 Å².